The molecule has 25 heteroatoms. The molecule has 5 rings (SSSR count). The smallest absolute Gasteiger partial charge is 0.187 e. The van der Waals surface area contributed by atoms with Gasteiger partial charge in [-0.3, -0.25) is 0 Å². The summed E-state index contributed by atoms with van der Waals surface area (Å²) in [5.74, 6) is 0. The van der Waals surface area contributed by atoms with Crippen molar-refractivity contribution in [1.29, 1.82) is 0 Å². The number of aliphatic hydroxyl groups is 16. The van der Waals surface area contributed by atoms with E-state index in [0.29, 0.717) is 0 Å². The van der Waals surface area contributed by atoms with Crippen LogP contribution in [0.2, 0.25) is 0 Å². The zero-order valence-electron chi connectivity index (χ0n) is 28.9. The van der Waals surface area contributed by atoms with E-state index in [-0.39, 0.29) is 6.61 Å². The van der Waals surface area contributed by atoms with Gasteiger partial charge >= 0.3 is 0 Å². The van der Waals surface area contributed by atoms with Crippen molar-refractivity contribution in [3.63, 3.8) is 0 Å². The molecule has 5 fully saturated rings. The number of rotatable bonds is 13. The van der Waals surface area contributed by atoms with E-state index >= 15 is 0 Å². The minimum absolute atomic E-state index is 0.351. The normalized spacial score (nSPS) is 52.6. The highest BCUT2D eigenvalue weighted by Gasteiger charge is 2.55. The van der Waals surface area contributed by atoms with Gasteiger partial charge in [-0.05, 0) is 0 Å². The molecule has 5 heterocycles. The van der Waals surface area contributed by atoms with Gasteiger partial charge in [-0.15, -0.1) is 0 Å². The summed E-state index contributed by atoms with van der Waals surface area (Å²) in [6.45, 7) is -4.47. The molecule has 16 N–H and O–H groups in total. The first kappa shape index (κ1) is 45.1. The lowest BCUT2D eigenvalue weighted by Crippen LogP contribution is -2.67. The maximum Gasteiger partial charge on any atom is 0.187 e. The van der Waals surface area contributed by atoms with Gasteiger partial charge in [-0.1, -0.05) is 0 Å². The van der Waals surface area contributed by atoms with Gasteiger partial charge in [0.1, 0.15) is 122 Å². The van der Waals surface area contributed by atoms with Gasteiger partial charge in [-0.25, -0.2) is 0 Å². The van der Waals surface area contributed by atoms with Crippen LogP contribution in [0.1, 0.15) is 0 Å². The Bertz CT molecular complexity index is 1170. The van der Waals surface area contributed by atoms with Crippen LogP contribution >= 0.6 is 0 Å². The maximum absolute atomic E-state index is 11.3. The van der Waals surface area contributed by atoms with E-state index in [4.69, 9.17) is 42.6 Å². The predicted molar refractivity (Wildman–Crippen MR) is 165 cm³/mol. The fourth-order valence-electron chi connectivity index (χ4n) is 6.87. The zero-order valence-corrected chi connectivity index (χ0v) is 28.9. The van der Waals surface area contributed by atoms with Crippen LogP contribution in [-0.4, -0.2) is 269 Å². The third-order valence-corrected chi connectivity index (χ3v) is 10.2. The van der Waals surface area contributed by atoms with Crippen molar-refractivity contribution in [3.8, 4) is 0 Å². The molecule has 5 aliphatic heterocycles. The summed E-state index contributed by atoms with van der Waals surface area (Å²) < 4.78 is 49.9. The van der Waals surface area contributed by atoms with Crippen LogP contribution in [0.15, 0.2) is 0 Å². The molecule has 0 aromatic heterocycles. The Kier molecular flexibility index (Phi) is 15.9. The lowest BCUT2D eigenvalue weighted by atomic mass is 9.95. The van der Waals surface area contributed by atoms with Gasteiger partial charge in [0.15, 0.2) is 25.2 Å². The highest BCUT2D eigenvalue weighted by Crippen LogP contribution is 2.34. The summed E-state index contributed by atoms with van der Waals surface area (Å²) in [5, 5.41) is 166. The second-order valence-corrected chi connectivity index (χ2v) is 13.9. The van der Waals surface area contributed by atoms with E-state index in [0.717, 1.165) is 0 Å². The van der Waals surface area contributed by atoms with Gasteiger partial charge in [0, 0.05) is 0 Å². The average molecular weight is 813 g/mol. The molecule has 322 valence electrons. The van der Waals surface area contributed by atoms with E-state index in [1.54, 1.807) is 0 Å². The number of hydrogen-bond donors (Lipinski definition) is 16. The molecule has 24 atom stereocenters. The van der Waals surface area contributed by atoms with E-state index in [1.165, 1.54) is 0 Å². The van der Waals surface area contributed by atoms with Crippen molar-refractivity contribution in [3.05, 3.63) is 0 Å². The molecule has 0 aliphatic carbocycles. The summed E-state index contributed by atoms with van der Waals surface area (Å²) in [4.78, 5) is 0. The Morgan fingerprint density at radius 2 is 0.727 bits per heavy atom. The highest BCUT2D eigenvalue weighted by atomic mass is 16.8. The molecule has 0 spiro atoms. The van der Waals surface area contributed by atoms with Crippen LogP contribution in [0.3, 0.4) is 0 Å². The lowest BCUT2D eigenvalue weighted by molar-refractivity contribution is -0.388. The van der Waals surface area contributed by atoms with Gasteiger partial charge in [0.25, 0.3) is 0 Å². The van der Waals surface area contributed by atoms with E-state index < -0.39 is 180 Å². The molecule has 0 radical (unpaired) electrons. The van der Waals surface area contributed by atoms with Crippen molar-refractivity contribution in [1.82, 2.24) is 0 Å². The molecule has 5 aliphatic rings. The van der Waals surface area contributed by atoms with Gasteiger partial charge in [0.2, 0.25) is 0 Å². The SMILES string of the molecule is OC[C@H]1O[C@H](OC[C@H]2O[C@@H](O[C@H]3[C@H](O)[C@H](O)[C@H](O[C@H]4[C@H](O)[C@H](O)CO[C@@H]4CO)O[C@@H]3CO)[C@@H](O)[C@@H](O)[C@@H]2O[C@@H]2O[C@H](CO)[C@@H](O)[C@H](O)[C@@H]2O)[C@H](O)[C@@H](O)[C@H]1O. The average Bonchev–Trinajstić information content (AvgIpc) is 3.18. The van der Waals surface area contributed by atoms with Gasteiger partial charge < -0.3 is 124 Å². The first-order chi connectivity index (χ1) is 26.1. The van der Waals surface area contributed by atoms with E-state index in [9.17, 15) is 81.7 Å². The Morgan fingerprint density at radius 1 is 0.364 bits per heavy atom. The fourth-order valence-corrected chi connectivity index (χ4v) is 6.87. The molecule has 5 saturated heterocycles. The van der Waals surface area contributed by atoms with E-state index in [1.807, 2.05) is 0 Å². The largest absolute Gasteiger partial charge is 0.394 e. The lowest BCUT2D eigenvalue weighted by Gasteiger charge is -2.49. The summed E-state index contributed by atoms with van der Waals surface area (Å²) in [6, 6.07) is 0. The maximum atomic E-state index is 11.3. The van der Waals surface area contributed by atoms with E-state index in [2.05, 4.69) is 0 Å². The Labute approximate surface area is 311 Å². The third kappa shape index (κ3) is 9.42. The third-order valence-electron chi connectivity index (χ3n) is 10.2. The molecule has 55 heavy (non-hydrogen) atoms. The van der Waals surface area contributed by atoms with Crippen molar-refractivity contribution < 1.29 is 124 Å². The topological polar surface area (TPSA) is 407 Å². The van der Waals surface area contributed by atoms with Crippen molar-refractivity contribution >= 4 is 0 Å². The monoisotopic (exact) mass is 812 g/mol. The molecule has 0 bridgehead atoms. The highest BCUT2D eigenvalue weighted by molar-refractivity contribution is 4.98. The summed E-state index contributed by atoms with van der Waals surface area (Å²) >= 11 is 0. The summed E-state index contributed by atoms with van der Waals surface area (Å²) in [6.07, 6.45) is -42.6. The Morgan fingerprint density at radius 3 is 1.20 bits per heavy atom. The minimum Gasteiger partial charge on any atom is -0.394 e. The molecule has 0 unspecified atom stereocenters. The van der Waals surface area contributed by atoms with Gasteiger partial charge in [0.05, 0.1) is 39.6 Å². The first-order valence-electron chi connectivity index (χ1n) is 17.5. The zero-order chi connectivity index (χ0) is 40.5. The van der Waals surface area contributed by atoms with Crippen molar-refractivity contribution in [2.45, 2.75) is 147 Å². The van der Waals surface area contributed by atoms with Crippen LogP contribution in [0, 0.1) is 0 Å². The molecule has 25 nitrogen and oxygen atoms in total. The molecule has 0 aromatic rings. The summed E-state index contributed by atoms with van der Waals surface area (Å²) in [7, 11) is 0. The molecule has 0 amide bonds. The molecule has 0 aromatic carbocycles. The second kappa shape index (κ2) is 19.4. The van der Waals surface area contributed by atoms with Crippen LogP contribution in [0.25, 0.3) is 0 Å². The molecule has 0 saturated carbocycles. The number of hydrogen-bond acceptors (Lipinski definition) is 25. The quantitative estimate of drug-likeness (QED) is 0.0821. The first-order valence-corrected chi connectivity index (χ1v) is 17.5. The fraction of sp³-hybridized carbons (Fsp3) is 1.00. The minimum atomic E-state index is -2.14. The molecular weight excluding hydrogens is 760 g/mol. The van der Waals surface area contributed by atoms with Crippen LogP contribution in [0.4, 0.5) is 0 Å². The van der Waals surface area contributed by atoms with Gasteiger partial charge in [-0.2, -0.15) is 0 Å². The molecular formula is C30H52O25. The van der Waals surface area contributed by atoms with Crippen LogP contribution < -0.4 is 0 Å². The van der Waals surface area contributed by atoms with Crippen molar-refractivity contribution in [2.24, 2.45) is 0 Å². The van der Waals surface area contributed by atoms with Crippen molar-refractivity contribution in [2.75, 3.05) is 39.6 Å². The van der Waals surface area contributed by atoms with Crippen LogP contribution in [-0.2, 0) is 42.6 Å². The Hall–Kier alpha value is -1.00. The predicted octanol–water partition coefficient (Wildman–Crippen LogP) is -11.2. The van der Waals surface area contributed by atoms with Crippen LogP contribution in [0.5, 0.6) is 0 Å². The summed E-state index contributed by atoms with van der Waals surface area (Å²) in [5.41, 5.74) is 0. The Balaban J connectivity index is 1.34. The number of aliphatic hydroxyl groups excluding tert-OH is 16. The number of ether oxygens (including phenoxy) is 9. The second-order valence-electron chi connectivity index (χ2n) is 13.9. The standard InChI is InChI=1S/C30H52O25/c31-1-8-14(37)16(39)20(43)27(49-8)48-6-12-26(55-28-21(44)17(40)15(38)9(2-32)50-28)19(42)23(46)30(52-12)54-25-11(4-34)51-29(22(45)18(25)41)53-24-10(3-33)47-5-7(35)13(24)36/h7-46H,1-6H2/t7-,8-,9-,10-,11-,12-,13-,14+,15-,16+,17+,18-,19-,20-,21+,22+,23+,24-,25-,26-,27+,28+,29+,30+/m1/s1.